The number of carbonyl (C=O) groups is 1. The van der Waals surface area contributed by atoms with Crippen molar-refractivity contribution in [2.45, 2.75) is 13.8 Å². The van der Waals surface area contributed by atoms with Gasteiger partial charge in [-0.2, -0.15) is 0 Å². The van der Waals surface area contributed by atoms with E-state index < -0.39 is 10.8 Å². The molecule has 108 valence electrons. The molecule has 0 spiro atoms. The van der Waals surface area contributed by atoms with Gasteiger partial charge >= 0.3 is 0 Å². The maximum Gasteiger partial charge on any atom is 0.288 e. The lowest BCUT2D eigenvalue weighted by Gasteiger charge is -2.07. The zero-order chi connectivity index (χ0) is 15.6. The quantitative estimate of drug-likeness (QED) is 0.655. The van der Waals surface area contributed by atoms with E-state index in [2.05, 4.69) is 15.3 Å². The van der Waals surface area contributed by atoms with Crippen LogP contribution in [0.25, 0.3) is 0 Å². The van der Waals surface area contributed by atoms with Crippen molar-refractivity contribution in [3.63, 3.8) is 0 Å². The minimum absolute atomic E-state index is 0.0647. The molecule has 2 rings (SSSR count). The molecule has 0 aromatic carbocycles. The smallest absolute Gasteiger partial charge is 0.288 e. The van der Waals surface area contributed by atoms with Crippen molar-refractivity contribution in [2.24, 2.45) is 0 Å². The number of hydrogen-bond donors (Lipinski definition) is 2. The molecule has 3 N–H and O–H groups in total. The molecule has 8 heteroatoms. The van der Waals surface area contributed by atoms with Crippen LogP contribution in [0.4, 0.5) is 17.3 Å². The number of nitrogens with zero attached hydrogens (tertiary/aromatic N) is 3. The Morgan fingerprint density at radius 1 is 1.33 bits per heavy atom. The molecule has 0 saturated carbocycles. The molecule has 0 unspecified atom stereocenters. The summed E-state index contributed by atoms with van der Waals surface area (Å²) in [7, 11) is 0. The summed E-state index contributed by atoms with van der Waals surface area (Å²) in [5.41, 5.74) is 6.90. The predicted octanol–water partition coefficient (Wildman–Crippen LogP) is 1.84. The number of hydrogen-bond acceptors (Lipinski definition) is 6. The van der Waals surface area contributed by atoms with Crippen molar-refractivity contribution in [3.8, 4) is 0 Å². The number of carbonyl (C=O) groups excluding carboxylic acids is 1. The van der Waals surface area contributed by atoms with Crippen molar-refractivity contribution >= 4 is 23.2 Å². The summed E-state index contributed by atoms with van der Waals surface area (Å²) < 4.78 is 0. The van der Waals surface area contributed by atoms with E-state index in [4.69, 9.17) is 5.73 Å². The van der Waals surface area contributed by atoms with Gasteiger partial charge in [-0.25, -0.2) is 9.97 Å². The standard InChI is InChI=1S/C13H13N5O3/c1-7-3-8(2)16-11(4-7)17-13(19)10-5-9(18(20)21)6-15-12(10)14/h3-6H,1-2H3,(H2,14,15)(H,16,17,19). The van der Waals surface area contributed by atoms with Gasteiger partial charge in [0.25, 0.3) is 11.6 Å². The molecule has 0 aliphatic rings. The molecule has 0 radical (unpaired) electrons. The summed E-state index contributed by atoms with van der Waals surface area (Å²) in [6, 6.07) is 4.63. The lowest BCUT2D eigenvalue weighted by molar-refractivity contribution is -0.385. The maximum absolute atomic E-state index is 12.1. The first-order valence-corrected chi connectivity index (χ1v) is 6.03. The Morgan fingerprint density at radius 3 is 2.67 bits per heavy atom. The van der Waals surface area contributed by atoms with Crippen molar-refractivity contribution in [3.05, 3.63) is 51.3 Å². The Hall–Kier alpha value is -3.03. The first-order valence-electron chi connectivity index (χ1n) is 6.03. The molecule has 0 atom stereocenters. The zero-order valence-electron chi connectivity index (χ0n) is 11.5. The van der Waals surface area contributed by atoms with E-state index in [1.54, 1.807) is 13.0 Å². The Balaban J connectivity index is 2.31. The first kappa shape index (κ1) is 14.4. The number of rotatable bonds is 3. The Kier molecular flexibility index (Phi) is 3.79. The topological polar surface area (TPSA) is 124 Å². The van der Waals surface area contributed by atoms with Gasteiger partial charge in [-0.05, 0) is 31.5 Å². The van der Waals surface area contributed by atoms with Crippen molar-refractivity contribution in [1.82, 2.24) is 9.97 Å². The second-order valence-corrected chi connectivity index (χ2v) is 4.51. The summed E-state index contributed by atoms with van der Waals surface area (Å²) >= 11 is 0. The molecule has 2 aromatic heterocycles. The van der Waals surface area contributed by atoms with Crippen LogP contribution >= 0.6 is 0 Å². The zero-order valence-corrected chi connectivity index (χ0v) is 11.5. The van der Waals surface area contributed by atoms with Crippen LogP contribution in [0.1, 0.15) is 21.6 Å². The number of aromatic nitrogens is 2. The van der Waals surface area contributed by atoms with E-state index in [1.807, 2.05) is 13.0 Å². The number of aryl methyl sites for hydroxylation is 2. The number of nitrogen functional groups attached to an aromatic ring is 1. The SMILES string of the molecule is Cc1cc(C)nc(NC(=O)c2cc([N+](=O)[O-])cnc2N)c1. The van der Waals surface area contributed by atoms with Gasteiger partial charge in [-0.15, -0.1) is 0 Å². The van der Waals surface area contributed by atoms with Crippen molar-refractivity contribution in [1.29, 1.82) is 0 Å². The predicted molar refractivity (Wildman–Crippen MR) is 77.0 cm³/mol. The fourth-order valence-corrected chi connectivity index (χ4v) is 1.84. The molecule has 0 saturated heterocycles. The van der Waals surface area contributed by atoms with Gasteiger partial charge in [0.05, 0.1) is 10.5 Å². The van der Waals surface area contributed by atoms with Gasteiger partial charge in [-0.3, -0.25) is 14.9 Å². The summed E-state index contributed by atoms with van der Waals surface area (Å²) in [6.45, 7) is 3.67. The fourth-order valence-electron chi connectivity index (χ4n) is 1.84. The Labute approximate surface area is 120 Å². The van der Waals surface area contributed by atoms with E-state index in [9.17, 15) is 14.9 Å². The number of anilines is 2. The van der Waals surface area contributed by atoms with Crippen molar-refractivity contribution in [2.75, 3.05) is 11.1 Å². The van der Waals surface area contributed by atoms with Crippen LogP contribution in [0.3, 0.4) is 0 Å². The van der Waals surface area contributed by atoms with E-state index in [0.717, 1.165) is 23.5 Å². The highest BCUT2D eigenvalue weighted by Gasteiger charge is 2.17. The first-order chi connectivity index (χ1) is 9.86. The van der Waals surface area contributed by atoms with Crippen LogP contribution in [-0.2, 0) is 0 Å². The minimum atomic E-state index is -0.641. The largest absolute Gasteiger partial charge is 0.383 e. The number of nitrogens with one attached hydrogen (secondary N) is 1. The van der Waals surface area contributed by atoms with Crippen LogP contribution < -0.4 is 11.1 Å². The Bertz CT molecular complexity index is 709. The van der Waals surface area contributed by atoms with Crippen LogP contribution in [0.5, 0.6) is 0 Å². The number of nitrogens with two attached hydrogens (primary N) is 1. The lowest BCUT2D eigenvalue weighted by atomic mass is 10.2. The van der Waals surface area contributed by atoms with E-state index in [0.29, 0.717) is 5.82 Å². The second-order valence-electron chi connectivity index (χ2n) is 4.51. The number of pyridine rings is 2. The third-order valence-corrected chi connectivity index (χ3v) is 2.70. The fraction of sp³-hybridized carbons (Fsp3) is 0.154. The molecular weight excluding hydrogens is 274 g/mol. The normalized spacial score (nSPS) is 10.2. The summed E-state index contributed by atoms with van der Waals surface area (Å²) in [6.07, 6.45) is 1.00. The van der Waals surface area contributed by atoms with Crippen LogP contribution in [-0.4, -0.2) is 20.8 Å². The van der Waals surface area contributed by atoms with Crippen LogP contribution in [0, 0.1) is 24.0 Å². The number of nitro groups is 1. The molecular formula is C13H13N5O3. The molecule has 2 heterocycles. The summed E-state index contributed by atoms with van der Waals surface area (Å²) in [5.74, 6) is -0.327. The molecule has 0 bridgehead atoms. The van der Waals surface area contributed by atoms with E-state index in [1.165, 1.54) is 0 Å². The van der Waals surface area contributed by atoms with E-state index >= 15 is 0 Å². The third-order valence-electron chi connectivity index (χ3n) is 2.70. The van der Waals surface area contributed by atoms with Gasteiger partial charge in [0, 0.05) is 11.8 Å². The average Bonchev–Trinajstić information content (AvgIpc) is 2.37. The van der Waals surface area contributed by atoms with Crippen molar-refractivity contribution < 1.29 is 9.72 Å². The highest BCUT2D eigenvalue weighted by Crippen LogP contribution is 2.18. The van der Waals surface area contributed by atoms with Crippen LogP contribution in [0.15, 0.2) is 24.4 Å². The van der Waals surface area contributed by atoms with Gasteiger partial charge < -0.3 is 11.1 Å². The van der Waals surface area contributed by atoms with Gasteiger partial charge in [0.15, 0.2) is 0 Å². The highest BCUT2D eigenvalue weighted by molar-refractivity contribution is 6.07. The minimum Gasteiger partial charge on any atom is -0.383 e. The van der Waals surface area contributed by atoms with Gasteiger partial charge in [0.2, 0.25) is 0 Å². The third kappa shape index (κ3) is 3.30. The average molecular weight is 287 g/mol. The highest BCUT2D eigenvalue weighted by atomic mass is 16.6. The van der Waals surface area contributed by atoms with Crippen LogP contribution in [0.2, 0.25) is 0 Å². The summed E-state index contributed by atoms with van der Waals surface area (Å²) in [5, 5.41) is 13.3. The maximum atomic E-state index is 12.1. The summed E-state index contributed by atoms with van der Waals surface area (Å²) in [4.78, 5) is 30.0. The van der Waals surface area contributed by atoms with Gasteiger partial charge in [0.1, 0.15) is 17.8 Å². The monoisotopic (exact) mass is 287 g/mol. The molecule has 0 aliphatic heterocycles. The molecule has 0 fully saturated rings. The molecule has 2 aromatic rings. The van der Waals surface area contributed by atoms with E-state index in [-0.39, 0.29) is 17.1 Å². The Morgan fingerprint density at radius 2 is 2.05 bits per heavy atom. The second kappa shape index (κ2) is 5.53. The number of amides is 1. The molecule has 1 amide bonds. The molecule has 8 nitrogen and oxygen atoms in total. The molecule has 21 heavy (non-hydrogen) atoms. The van der Waals surface area contributed by atoms with Gasteiger partial charge in [-0.1, -0.05) is 0 Å². The molecule has 0 aliphatic carbocycles. The lowest BCUT2D eigenvalue weighted by Crippen LogP contribution is -2.16.